The number of hydrogen-bond donors (Lipinski definition) is 0. The van der Waals surface area contributed by atoms with Crippen LogP contribution < -0.4 is 19.3 Å². The lowest BCUT2D eigenvalue weighted by Gasteiger charge is -2.37. The summed E-state index contributed by atoms with van der Waals surface area (Å²) >= 11 is 0. The van der Waals surface area contributed by atoms with Gasteiger partial charge in [-0.05, 0) is 50.2 Å². The summed E-state index contributed by atoms with van der Waals surface area (Å²) < 4.78 is 23.1. The van der Waals surface area contributed by atoms with E-state index in [1.807, 2.05) is 42.3 Å². The number of nitriles is 1. The van der Waals surface area contributed by atoms with E-state index in [0.29, 0.717) is 47.9 Å². The normalized spacial score (nSPS) is 19.8. The number of ether oxygens (including phenoxy) is 4. The van der Waals surface area contributed by atoms with Gasteiger partial charge < -0.3 is 23.8 Å². The number of morpholine rings is 1. The molecule has 0 aliphatic carbocycles. The van der Waals surface area contributed by atoms with Crippen molar-refractivity contribution in [3.63, 3.8) is 0 Å². The van der Waals surface area contributed by atoms with Crippen LogP contribution in [0.25, 0.3) is 11.3 Å². The third kappa shape index (κ3) is 6.05. The molecular formula is C29H34N6O4. The Morgan fingerprint density at radius 1 is 1.05 bits per heavy atom. The van der Waals surface area contributed by atoms with Gasteiger partial charge in [0.2, 0.25) is 11.8 Å². The van der Waals surface area contributed by atoms with Crippen LogP contribution in [-0.4, -0.2) is 73.7 Å². The number of rotatable bonds is 7. The first-order valence-electron chi connectivity index (χ1n) is 13.3. The van der Waals surface area contributed by atoms with E-state index < -0.39 is 0 Å². The van der Waals surface area contributed by atoms with Gasteiger partial charge in [-0.25, -0.2) is 9.97 Å². The highest BCUT2D eigenvalue weighted by atomic mass is 16.5. The van der Waals surface area contributed by atoms with Crippen molar-refractivity contribution in [1.29, 1.82) is 5.26 Å². The van der Waals surface area contributed by atoms with Crippen LogP contribution in [-0.2, 0) is 9.47 Å². The smallest absolute Gasteiger partial charge is 0.239 e. The molecule has 2 atom stereocenters. The molecule has 0 spiro atoms. The van der Waals surface area contributed by atoms with E-state index in [1.165, 1.54) is 0 Å². The summed E-state index contributed by atoms with van der Waals surface area (Å²) in [6, 6.07) is 13.6. The highest BCUT2D eigenvalue weighted by Gasteiger charge is 2.26. The predicted octanol–water partition coefficient (Wildman–Crippen LogP) is 4.36. The zero-order valence-electron chi connectivity index (χ0n) is 22.8. The first-order chi connectivity index (χ1) is 18.9. The lowest BCUT2D eigenvalue weighted by molar-refractivity contribution is -0.00535. The van der Waals surface area contributed by atoms with Crippen molar-refractivity contribution in [2.24, 2.45) is 0 Å². The van der Waals surface area contributed by atoms with Crippen molar-refractivity contribution in [2.45, 2.75) is 45.0 Å². The maximum atomic E-state index is 9.78. The fourth-order valence-corrected chi connectivity index (χ4v) is 5.00. The van der Waals surface area contributed by atoms with Crippen molar-refractivity contribution in [3.05, 3.63) is 48.2 Å². The fourth-order valence-electron chi connectivity index (χ4n) is 5.00. The molecule has 0 bridgehead atoms. The van der Waals surface area contributed by atoms with Crippen LogP contribution in [0.4, 0.5) is 17.5 Å². The Morgan fingerprint density at radius 2 is 1.82 bits per heavy atom. The second-order valence-corrected chi connectivity index (χ2v) is 9.91. The zero-order chi connectivity index (χ0) is 27.4. The highest BCUT2D eigenvalue weighted by Crippen LogP contribution is 2.33. The van der Waals surface area contributed by atoms with Gasteiger partial charge in [-0.3, -0.25) is 4.90 Å². The first-order valence-corrected chi connectivity index (χ1v) is 13.3. The largest absolute Gasteiger partial charge is 0.489 e. The molecular weight excluding hydrogens is 496 g/mol. The number of hydrogen-bond acceptors (Lipinski definition) is 10. The van der Waals surface area contributed by atoms with Crippen molar-refractivity contribution in [2.75, 3.05) is 50.3 Å². The average Bonchev–Trinajstić information content (AvgIpc) is 2.96. The molecule has 2 aliphatic rings. The van der Waals surface area contributed by atoms with E-state index in [1.54, 1.807) is 19.4 Å². The summed E-state index contributed by atoms with van der Waals surface area (Å²) in [4.78, 5) is 18.1. The molecule has 4 heterocycles. The molecule has 2 aromatic heterocycles. The van der Waals surface area contributed by atoms with Gasteiger partial charge in [0.25, 0.3) is 0 Å². The third-order valence-electron chi connectivity index (χ3n) is 6.92. The molecule has 39 heavy (non-hydrogen) atoms. The van der Waals surface area contributed by atoms with Gasteiger partial charge in [0, 0.05) is 44.7 Å². The molecule has 5 rings (SSSR count). The summed E-state index contributed by atoms with van der Waals surface area (Å²) in [6.45, 7) is 7.04. The molecule has 204 valence electrons. The summed E-state index contributed by atoms with van der Waals surface area (Å²) in [7, 11) is 3.49. The monoisotopic (exact) mass is 530 g/mol. The number of benzene rings is 1. The second-order valence-electron chi connectivity index (χ2n) is 9.91. The molecule has 0 radical (unpaired) electrons. The molecule has 3 aromatic rings. The van der Waals surface area contributed by atoms with Crippen LogP contribution in [0.3, 0.4) is 0 Å². The van der Waals surface area contributed by atoms with Gasteiger partial charge in [-0.15, -0.1) is 0 Å². The predicted molar refractivity (Wildman–Crippen MR) is 148 cm³/mol. The summed E-state index contributed by atoms with van der Waals surface area (Å²) in [5.74, 6) is 2.25. The van der Waals surface area contributed by atoms with Crippen LogP contribution in [0, 0.1) is 11.3 Å². The Hall–Kier alpha value is -3.94. The van der Waals surface area contributed by atoms with Crippen LogP contribution in [0.5, 0.6) is 11.6 Å². The SMILES string of the molecule is COc1nc(N(C)c2nccc(-c3ccc(OC4CCOCC4)c(C#N)c3)n2)ccc1N1C[C@@H](C)O[C@@H](C)C1. The van der Waals surface area contributed by atoms with Crippen LogP contribution in [0.1, 0.15) is 32.3 Å². The van der Waals surface area contributed by atoms with Gasteiger partial charge in [-0.2, -0.15) is 10.2 Å². The minimum Gasteiger partial charge on any atom is -0.489 e. The molecule has 0 N–H and O–H groups in total. The Labute approximate surface area is 229 Å². The van der Waals surface area contributed by atoms with E-state index in [4.69, 9.17) is 28.9 Å². The number of nitrogens with zero attached hydrogens (tertiary/aromatic N) is 6. The molecule has 10 nitrogen and oxygen atoms in total. The summed E-state index contributed by atoms with van der Waals surface area (Å²) in [6.07, 6.45) is 3.65. The molecule has 2 aliphatic heterocycles. The van der Waals surface area contributed by atoms with E-state index in [2.05, 4.69) is 29.8 Å². The fraction of sp³-hybridized carbons (Fsp3) is 0.448. The highest BCUT2D eigenvalue weighted by molar-refractivity contribution is 5.67. The molecule has 10 heteroatoms. The van der Waals surface area contributed by atoms with E-state index in [0.717, 1.165) is 37.2 Å². The Balaban J connectivity index is 1.37. The molecule has 0 amide bonds. The van der Waals surface area contributed by atoms with E-state index in [9.17, 15) is 5.26 Å². The molecule has 0 saturated carbocycles. The topological polar surface area (TPSA) is 106 Å². The molecule has 0 unspecified atom stereocenters. The van der Waals surface area contributed by atoms with Gasteiger partial charge in [-0.1, -0.05) is 0 Å². The quantitative estimate of drug-likeness (QED) is 0.437. The van der Waals surface area contributed by atoms with Gasteiger partial charge in [0.1, 0.15) is 29.4 Å². The van der Waals surface area contributed by atoms with Crippen LogP contribution >= 0.6 is 0 Å². The summed E-state index contributed by atoms with van der Waals surface area (Å²) in [5.41, 5.74) is 2.90. The molecule has 2 saturated heterocycles. The number of pyridine rings is 1. The van der Waals surface area contributed by atoms with Crippen LogP contribution in [0.15, 0.2) is 42.6 Å². The number of methoxy groups -OCH3 is 1. The van der Waals surface area contributed by atoms with Crippen molar-refractivity contribution in [1.82, 2.24) is 15.0 Å². The zero-order valence-corrected chi connectivity index (χ0v) is 22.8. The van der Waals surface area contributed by atoms with Crippen molar-refractivity contribution >= 4 is 17.5 Å². The van der Waals surface area contributed by atoms with E-state index in [-0.39, 0.29) is 18.3 Å². The molecule has 1 aromatic carbocycles. The Morgan fingerprint density at radius 3 is 2.54 bits per heavy atom. The first kappa shape index (κ1) is 26.7. The van der Waals surface area contributed by atoms with Gasteiger partial charge in [0.15, 0.2) is 0 Å². The van der Waals surface area contributed by atoms with Crippen molar-refractivity contribution in [3.8, 4) is 29.0 Å². The van der Waals surface area contributed by atoms with Gasteiger partial charge >= 0.3 is 0 Å². The third-order valence-corrected chi connectivity index (χ3v) is 6.92. The van der Waals surface area contributed by atoms with Crippen molar-refractivity contribution < 1.29 is 18.9 Å². The Kier molecular flexibility index (Phi) is 8.10. The van der Waals surface area contributed by atoms with Crippen LogP contribution in [0.2, 0.25) is 0 Å². The molecule has 2 fully saturated rings. The number of anilines is 3. The average molecular weight is 531 g/mol. The maximum absolute atomic E-state index is 9.78. The van der Waals surface area contributed by atoms with Gasteiger partial charge in [0.05, 0.1) is 43.8 Å². The second kappa shape index (κ2) is 11.8. The minimum absolute atomic E-state index is 0.0573. The number of aromatic nitrogens is 3. The Bertz CT molecular complexity index is 1330. The summed E-state index contributed by atoms with van der Waals surface area (Å²) in [5, 5.41) is 9.78. The maximum Gasteiger partial charge on any atom is 0.239 e. The lowest BCUT2D eigenvalue weighted by atomic mass is 10.1. The van der Waals surface area contributed by atoms with E-state index >= 15 is 0 Å². The minimum atomic E-state index is 0.0573. The standard InChI is InChI=1S/C29H34N6O4/c1-19-17-35(18-20(2)38-19)25-6-8-27(33-28(25)36-4)34(3)29-31-12-9-24(32-29)21-5-7-26(22(15-21)16-30)39-23-10-13-37-14-11-23/h5-9,12,15,19-20,23H,10-11,13-14,17-18H2,1-4H3/t19-,20+. The lowest BCUT2D eigenvalue weighted by Crippen LogP contribution is -2.45.